The van der Waals surface area contributed by atoms with E-state index in [2.05, 4.69) is 16.0 Å². The topological polar surface area (TPSA) is 188 Å². The van der Waals surface area contributed by atoms with Crippen molar-refractivity contribution in [3.05, 3.63) is 35.9 Å². The van der Waals surface area contributed by atoms with Crippen molar-refractivity contribution < 1.29 is 34.2 Å². The average Bonchev–Trinajstić information content (AvgIpc) is 2.82. The number of carboxylic acids is 2. The molecule has 1 fully saturated rings. The Labute approximate surface area is 203 Å². The number of amides is 2. The highest BCUT2D eigenvalue weighted by Gasteiger charge is 2.47. The number of rotatable bonds is 13. The summed E-state index contributed by atoms with van der Waals surface area (Å²) < 4.78 is 0. The number of hydrogen-bond donors (Lipinski definition) is 6. The molecule has 0 aromatic heterocycles. The number of nitrogens with one attached hydrogen (secondary N) is 3. The predicted octanol–water partition coefficient (Wildman–Crippen LogP) is -0.0767. The molecule has 0 saturated carbocycles. The molecule has 1 aliphatic rings. The van der Waals surface area contributed by atoms with Crippen LogP contribution in [0.2, 0.25) is 0 Å². The van der Waals surface area contributed by atoms with Crippen LogP contribution >= 0.6 is 0 Å². The van der Waals surface area contributed by atoms with Crippen LogP contribution in [0.1, 0.15) is 51.0 Å². The zero-order chi connectivity index (χ0) is 26.0. The Hall–Kier alpha value is -3.31. The number of carboxylic acid groups (broad SMARTS) is 2. The largest absolute Gasteiger partial charge is 0.481 e. The second kappa shape index (κ2) is 13.0. The summed E-state index contributed by atoms with van der Waals surface area (Å²) in [5.41, 5.74) is 4.88. The van der Waals surface area contributed by atoms with Gasteiger partial charge in [0.05, 0.1) is 23.9 Å². The SMILES string of the molecule is CC(=O)NC(CCCCN)C(=O)[C@H]1CC(C(=O)N[C@H](CC(=O)O)C(=O)O)(c2ccccc2)CCN1. The zero-order valence-corrected chi connectivity index (χ0v) is 19.8. The lowest BCUT2D eigenvalue weighted by Crippen LogP contribution is -2.60. The molecule has 2 amide bonds. The van der Waals surface area contributed by atoms with Gasteiger partial charge in [-0.05, 0) is 50.8 Å². The van der Waals surface area contributed by atoms with Crippen molar-refractivity contribution in [1.29, 1.82) is 0 Å². The van der Waals surface area contributed by atoms with Gasteiger partial charge in [-0.1, -0.05) is 30.3 Å². The molecule has 0 bridgehead atoms. The fourth-order valence-electron chi connectivity index (χ4n) is 4.48. The van der Waals surface area contributed by atoms with Crippen molar-refractivity contribution in [2.75, 3.05) is 13.1 Å². The van der Waals surface area contributed by atoms with E-state index in [1.807, 2.05) is 0 Å². The molecule has 192 valence electrons. The third-order valence-electron chi connectivity index (χ3n) is 6.25. The minimum Gasteiger partial charge on any atom is -0.481 e. The molecule has 0 aliphatic carbocycles. The molecule has 1 aliphatic heterocycles. The summed E-state index contributed by atoms with van der Waals surface area (Å²) in [6, 6.07) is 5.54. The Morgan fingerprint density at radius 2 is 1.77 bits per heavy atom. The smallest absolute Gasteiger partial charge is 0.326 e. The van der Waals surface area contributed by atoms with E-state index in [1.54, 1.807) is 30.3 Å². The number of ketones is 1. The van der Waals surface area contributed by atoms with E-state index in [1.165, 1.54) is 6.92 Å². The second-order valence-electron chi connectivity index (χ2n) is 8.81. The first-order valence-electron chi connectivity index (χ1n) is 11.7. The minimum atomic E-state index is -1.62. The van der Waals surface area contributed by atoms with Gasteiger partial charge in [0.25, 0.3) is 0 Å². The van der Waals surface area contributed by atoms with Crippen LogP contribution in [-0.4, -0.2) is 71.0 Å². The Morgan fingerprint density at radius 3 is 2.34 bits per heavy atom. The predicted molar refractivity (Wildman–Crippen MR) is 126 cm³/mol. The van der Waals surface area contributed by atoms with Crippen LogP contribution in [0, 0.1) is 0 Å². The fraction of sp³-hybridized carbons (Fsp3) is 0.542. The van der Waals surface area contributed by atoms with E-state index in [0.29, 0.717) is 31.4 Å². The van der Waals surface area contributed by atoms with Crippen molar-refractivity contribution >= 4 is 29.5 Å². The van der Waals surface area contributed by atoms with Gasteiger partial charge in [0.2, 0.25) is 11.8 Å². The highest BCUT2D eigenvalue weighted by Crippen LogP contribution is 2.36. The van der Waals surface area contributed by atoms with Crippen LogP contribution in [0.15, 0.2) is 30.3 Å². The lowest BCUT2D eigenvalue weighted by atomic mass is 9.69. The Kier molecular flexibility index (Phi) is 10.3. The first kappa shape index (κ1) is 27.9. The molecule has 0 radical (unpaired) electrons. The fourth-order valence-corrected chi connectivity index (χ4v) is 4.48. The number of carbonyl (C=O) groups is 5. The van der Waals surface area contributed by atoms with E-state index in [9.17, 15) is 29.1 Å². The minimum absolute atomic E-state index is 0.0219. The second-order valence-corrected chi connectivity index (χ2v) is 8.81. The van der Waals surface area contributed by atoms with Crippen LogP contribution in [-0.2, 0) is 29.4 Å². The summed E-state index contributed by atoms with van der Waals surface area (Å²) in [6.07, 6.45) is 1.24. The van der Waals surface area contributed by atoms with Gasteiger partial charge in [-0.2, -0.15) is 0 Å². The maximum atomic E-state index is 13.6. The van der Waals surface area contributed by atoms with E-state index < -0.39 is 47.8 Å². The van der Waals surface area contributed by atoms with Gasteiger partial charge in [-0.3, -0.25) is 19.2 Å². The highest BCUT2D eigenvalue weighted by molar-refractivity contribution is 5.96. The summed E-state index contributed by atoms with van der Waals surface area (Å²) in [5, 5.41) is 26.7. The van der Waals surface area contributed by atoms with Gasteiger partial charge in [0.15, 0.2) is 5.78 Å². The normalized spacial score (nSPS) is 21.4. The van der Waals surface area contributed by atoms with Crippen LogP contribution in [0.4, 0.5) is 0 Å². The van der Waals surface area contributed by atoms with Gasteiger partial charge in [-0.15, -0.1) is 0 Å². The summed E-state index contributed by atoms with van der Waals surface area (Å²) in [5.74, 6) is -4.10. The number of aliphatic carboxylic acids is 2. The monoisotopic (exact) mass is 490 g/mol. The lowest BCUT2D eigenvalue weighted by Gasteiger charge is -2.41. The number of benzene rings is 1. The van der Waals surface area contributed by atoms with E-state index in [0.717, 1.165) is 0 Å². The lowest BCUT2D eigenvalue weighted by molar-refractivity contribution is -0.148. The number of Topliss-reactive ketones (excluding diaryl/α,β-unsaturated/α-hetero) is 1. The quantitative estimate of drug-likeness (QED) is 0.206. The first-order chi connectivity index (χ1) is 16.6. The van der Waals surface area contributed by atoms with Crippen LogP contribution in [0.3, 0.4) is 0 Å². The van der Waals surface area contributed by atoms with Gasteiger partial charge in [0.1, 0.15) is 6.04 Å². The van der Waals surface area contributed by atoms with Gasteiger partial charge < -0.3 is 31.9 Å². The average molecular weight is 491 g/mol. The maximum absolute atomic E-state index is 13.6. The molecule has 11 nitrogen and oxygen atoms in total. The summed E-state index contributed by atoms with van der Waals surface area (Å²) in [6.45, 7) is 2.07. The van der Waals surface area contributed by atoms with Crippen molar-refractivity contribution in [3.63, 3.8) is 0 Å². The Balaban J connectivity index is 2.36. The third-order valence-corrected chi connectivity index (χ3v) is 6.25. The number of unbranched alkanes of at least 4 members (excludes halogenated alkanes) is 1. The Bertz CT molecular complexity index is 924. The van der Waals surface area contributed by atoms with Crippen molar-refractivity contribution in [2.45, 2.75) is 69.0 Å². The molecule has 1 heterocycles. The molecule has 4 atom stereocenters. The number of piperidine rings is 1. The van der Waals surface area contributed by atoms with Crippen LogP contribution < -0.4 is 21.7 Å². The first-order valence-corrected chi connectivity index (χ1v) is 11.7. The van der Waals surface area contributed by atoms with Crippen molar-refractivity contribution in [1.82, 2.24) is 16.0 Å². The summed E-state index contributed by atoms with van der Waals surface area (Å²) in [4.78, 5) is 61.4. The third kappa shape index (κ3) is 7.59. The van der Waals surface area contributed by atoms with E-state index >= 15 is 0 Å². The molecular weight excluding hydrogens is 456 g/mol. The van der Waals surface area contributed by atoms with Gasteiger partial charge in [-0.25, -0.2) is 4.79 Å². The van der Waals surface area contributed by atoms with Crippen molar-refractivity contribution in [2.24, 2.45) is 5.73 Å². The zero-order valence-electron chi connectivity index (χ0n) is 19.8. The summed E-state index contributed by atoms with van der Waals surface area (Å²) >= 11 is 0. The molecule has 35 heavy (non-hydrogen) atoms. The summed E-state index contributed by atoms with van der Waals surface area (Å²) in [7, 11) is 0. The highest BCUT2D eigenvalue weighted by atomic mass is 16.4. The number of carbonyl (C=O) groups excluding carboxylic acids is 3. The molecule has 2 rings (SSSR count). The van der Waals surface area contributed by atoms with Crippen molar-refractivity contribution in [3.8, 4) is 0 Å². The molecule has 1 saturated heterocycles. The molecule has 7 N–H and O–H groups in total. The van der Waals surface area contributed by atoms with Gasteiger partial charge in [0, 0.05) is 6.92 Å². The number of hydrogen-bond acceptors (Lipinski definition) is 7. The molecular formula is C24H34N4O7. The molecule has 1 aromatic carbocycles. The molecule has 11 heteroatoms. The molecule has 2 unspecified atom stereocenters. The van der Waals surface area contributed by atoms with E-state index in [4.69, 9.17) is 10.8 Å². The molecule has 1 aromatic rings. The Morgan fingerprint density at radius 1 is 1.09 bits per heavy atom. The maximum Gasteiger partial charge on any atom is 0.326 e. The number of nitrogens with two attached hydrogens (primary N) is 1. The standard InChI is InChI=1S/C24H34N4O7/c1-15(29)27-17(9-5-6-11-25)21(32)19-14-24(10-12-26-19,16-7-3-2-4-8-16)23(35)28-18(22(33)34)13-20(30)31/h2-4,7-8,17-19,26H,5-6,9-14,25H2,1H3,(H,27,29)(H,28,35)(H,30,31)(H,33,34)/t17?,18-,19-,24?/m1/s1. The van der Waals surface area contributed by atoms with Crippen LogP contribution in [0.5, 0.6) is 0 Å². The van der Waals surface area contributed by atoms with E-state index in [-0.39, 0.29) is 31.1 Å². The van der Waals surface area contributed by atoms with Gasteiger partial charge >= 0.3 is 11.9 Å². The molecule has 0 spiro atoms. The van der Waals surface area contributed by atoms with Crippen LogP contribution in [0.25, 0.3) is 0 Å².